The first-order valence-electron chi connectivity index (χ1n) is 6.83. The number of rotatable bonds is 2. The highest BCUT2D eigenvalue weighted by molar-refractivity contribution is 6.17. The predicted octanol–water partition coefficient (Wildman–Crippen LogP) is 3.25. The third kappa shape index (κ3) is 2.50. The first-order valence-corrected chi connectivity index (χ1v) is 6.83. The number of carbonyl (C=O) groups excluding carboxylic acids is 1. The highest BCUT2D eigenvalue weighted by Crippen LogP contribution is 2.29. The number of phenolic OH excluding ortho intramolecular Hbond substituents is 1. The van der Waals surface area contributed by atoms with Crippen LogP contribution in [0.5, 0.6) is 5.75 Å². The predicted molar refractivity (Wildman–Crippen MR) is 83.4 cm³/mol. The first kappa shape index (κ1) is 15.5. The first-order chi connectivity index (χ1) is 10.6. The van der Waals surface area contributed by atoms with E-state index in [1.165, 1.54) is 18.3 Å². The van der Waals surface area contributed by atoms with Crippen molar-refractivity contribution in [3.63, 3.8) is 0 Å². The molecule has 114 valence electrons. The van der Waals surface area contributed by atoms with Crippen molar-refractivity contribution in [2.24, 2.45) is 0 Å². The van der Waals surface area contributed by atoms with Gasteiger partial charge in [0.2, 0.25) is 5.78 Å². The summed E-state index contributed by atoms with van der Waals surface area (Å²) in [6.45, 7) is 4.00. The number of benzene rings is 1. The number of nitrogen functional groups attached to an aromatic ring is 1. The second kappa shape index (κ2) is 6.26. The summed E-state index contributed by atoms with van der Waals surface area (Å²) in [5.41, 5.74) is 5.55. The molecule has 0 saturated carbocycles. The van der Waals surface area contributed by atoms with Crippen LogP contribution in [-0.2, 0) is 0 Å². The molecular formula is C16H16FN3O2. The van der Waals surface area contributed by atoms with E-state index in [0.717, 1.165) is 0 Å². The highest BCUT2D eigenvalue weighted by atomic mass is 19.1. The summed E-state index contributed by atoms with van der Waals surface area (Å²) in [6.07, 6.45) is 3.01. The number of aromatic nitrogens is 2. The third-order valence-electron chi connectivity index (χ3n) is 3.07. The van der Waals surface area contributed by atoms with Gasteiger partial charge in [-0.25, -0.2) is 9.37 Å². The summed E-state index contributed by atoms with van der Waals surface area (Å²) in [5, 5.41) is 10.3. The van der Waals surface area contributed by atoms with E-state index < -0.39 is 22.9 Å². The van der Waals surface area contributed by atoms with Crippen molar-refractivity contribution < 1.29 is 14.3 Å². The van der Waals surface area contributed by atoms with Gasteiger partial charge in [0.1, 0.15) is 17.0 Å². The molecule has 0 aliphatic rings. The smallest absolute Gasteiger partial charge is 0.202 e. The number of nitrogens with one attached hydrogen (secondary N) is 1. The molecule has 2 aromatic heterocycles. The number of hydrogen-bond donors (Lipinski definition) is 3. The van der Waals surface area contributed by atoms with Gasteiger partial charge in [0, 0.05) is 23.3 Å². The van der Waals surface area contributed by atoms with Gasteiger partial charge in [-0.15, -0.1) is 0 Å². The lowest BCUT2D eigenvalue weighted by Gasteiger charge is -2.06. The Morgan fingerprint density at radius 1 is 1.32 bits per heavy atom. The van der Waals surface area contributed by atoms with E-state index in [9.17, 15) is 14.3 Å². The molecule has 22 heavy (non-hydrogen) atoms. The number of ketones is 1. The van der Waals surface area contributed by atoms with Crippen LogP contribution in [0.15, 0.2) is 36.7 Å². The standard InChI is InChI=1S/C14H10FN3O2.C2H6/c15-12-9(16)3-4-10(19)11(12)13(20)8-6-18-14-7(8)2-1-5-17-14;1-2/h1-6,19H,16H2,(H,17,18);1-2H3. The van der Waals surface area contributed by atoms with E-state index in [0.29, 0.717) is 11.0 Å². The molecule has 1 aromatic carbocycles. The Kier molecular flexibility index (Phi) is 4.41. The number of anilines is 1. The Balaban J connectivity index is 0.000000847. The third-order valence-corrected chi connectivity index (χ3v) is 3.07. The molecule has 0 atom stereocenters. The maximum Gasteiger partial charge on any atom is 0.202 e. The van der Waals surface area contributed by atoms with Gasteiger partial charge < -0.3 is 15.8 Å². The summed E-state index contributed by atoms with van der Waals surface area (Å²) in [4.78, 5) is 19.3. The Labute approximate surface area is 126 Å². The van der Waals surface area contributed by atoms with E-state index in [1.54, 1.807) is 18.3 Å². The van der Waals surface area contributed by atoms with Crippen LogP contribution in [0, 0.1) is 5.82 Å². The fourth-order valence-electron chi connectivity index (χ4n) is 2.08. The molecule has 4 N–H and O–H groups in total. The second-order valence-corrected chi connectivity index (χ2v) is 4.29. The molecule has 3 rings (SSSR count). The lowest BCUT2D eigenvalue weighted by molar-refractivity contribution is 0.103. The summed E-state index contributed by atoms with van der Waals surface area (Å²) in [6, 6.07) is 5.76. The molecule has 0 fully saturated rings. The average molecular weight is 301 g/mol. The topological polar surface area (TPSA) is 92.0 Å². The Bertz CT molecular complexity index is 827. The minimum absolute atomic E-state index is 0.191. The van der Waals surface area contributed by atoms with Crippen LogP contribution < -0.4 is 5.73 Å². The fraction of sp³-hybridized carbons (Fsp3) is 0.125. The molecule has 0 aliphatic heterocycles. The molecule has 0 bridgehead atoms. The zero-order valence-electron chi connectivity index (χ0n) is 12.2. The van der Waals surface area contributed by atoms with Crippen LogP contribution in [0.25, 0.3) is 11.0 Å². The number of fused-ring (bicyclic) bond motifs is 1. The lowest BCUT2D eigenvalue weighted by Crippen LogP contribution is -2.06. The summed E-state index contributed by atoms with van der Waals surface area (Å²) in [5.74, 6) is -2.01. The van der Waals surface area contributed by atoms with Crippen LogP contribution >= 0.6 is 0 Å². The number of aromatic hydroxyl groups is 1. The minimum atomic E-state index is -0.923. The van der Waals surface area contributed by atoms with Crippen molar-refractivity contribution in [3.05, 3.63) is 53.6 Å². The van der Waals surface area contributed by atoms with Crippen molar-refractivity contribution in [3.8, 4) is 5.75 Å². The number of nitrogens with zero attached hydrogens (tertiary/aromatic N) is 1. The molecule has 3 aromatic rings. The molecule has 0 aliphatic carbocycles. The SMILES string of the molecule is CC.Nc1ccc(O)c(C(=O)c2c[nH]c3ncccc23)c1F. The van der Waals surface area contributed by atoms with Crippen molar-refractivity contribution in [2.75, 3.05) is 5.73 Å². The van der Waals surface area contributed by atoms with Gasteiger partial charge in [0.25, 0.3) is 0 Å². The molecule has 0 radical (unpaired) electrons. The number of pyridine rings is 1. The van der Waals surface area contributed by atoms with Crippen LogP contribution in [0.2, 0.25) is 0 Å². The molecular weight excluding hydrogens is 285 g/mol. The van der Waals surface area contributed by atoms with Crippen LogP contribution in [0.1, 0.15) is 29.8 Å². The van der Waals surface area contributed by atoms with Crippen molar-refractivity contribution in [1.82, 2.24) is 9.97 Å². The maximum absolute atomic E-state index is 14.0. The normalized spacial score (nSPS) is 10.1. The van der Waals surface area contributed by atoms with Gasteiger partial charge in [-0.1, -0.05) is 13.8 Å². The van der Waals surface area contributed by atoms with Gasteiger partial charge in [-0.05, 0) is 24.3 Å². The van der Waals surface area contributed by atoms with Crippen molar-refractivity contribution in [1.29, 1.82) is 0 Å². The van der Waals surface area contributed by atoms with E-state index in [1.807, 2.05) is 13.8 Å². The minimum Gasteiger partial charge on any atom is -0.507 e. The van der Waals surface area contributed by atoms with E-state index in [4.69, 9.17) is 5.73 Å². The zero-order chi connectivity index (χ0) is 16.3. The largest absolute Gasteiger partial charge is 0.507 e. The van der Waals surface area contributed by atoms with Gasteiger partial charge in [0.05, 0.1) is 5.69 Å². The maximum atomic E-state index is 14.0. The highest BCUT2D eigenvalue weighted by Gasteiger charge is 2.23. The number of hydrogen-bond acceptors (Lipinski definition) is 4. The number of nitrogens with two attached hydrogens (primary N) is 1. The quantitative estimate of drug-likeness (QED) is 0.385. The van der Waals surface area contributed by atoms with Crippen molar-refractivity contribution in [2.45, 2.75) is 13.8 Å². The monoisotopic (exact) mass is 301 g/mol. The van der Waals surface area contributed by atoms with Crippen LogP contribution in [0.3, 0.4) is 0 Å². The second-order valence-electron chi connectivity index (χ2n) is 4.29. The van der Waals surface area contributed by atoms with E-state index in [-0.39, 0.29) is 11.3 Å². The zero-order valence-corrected chi connectivity index (χ0v) is 12.2. The Morgan fingerprint density at radius 3 is 2.77 bits per heavy atom. The van der Waals surface area contributed by atoms with E-state index in [2.05, 4.69) is 9.97 Å². The van der Waals surface area contributed by atoms with Gasteiger partial charge in [-0.3, -0.25) is 4.79 Å². The number of H-pyrrole nitrogens is 1. The molecule has 0 saturated heterocycles. The lowest BCUT2D eigenvalue weighted by atomic mass is 10.0. The Morgan fingerprint density at radius 2 is 2.05 bits per heavy atom. The average Bonchev–Trinajstić information content (AvgIpc) is 2.97. The molecule has 5 nitrogen and oxygen atoms in total. The van der Waals surface area contributed by atoms with Gasteiger partial charge in [0.15, 0.2) is 5.82 Å². The fourth-order valence-corrected chi connectivity index (χ4v) is 2.08. The molecule has 0 unspecified atom stereocenters. The molecule has 2 heterocycles. The Hall–Kier alpha value is -2.89. The van der Waals surface area contributed by atoms with Crippen LogP contribution in [0.4, 0.5) is 10.1 Å². The van der Waals surface area contributed by atoms with Gasteiger partial charge in [-0.2, -0.15) is 0 Å². The summed E-state index contributed by atoms with van der Waals surface area (Å²) in [7, 11) is 0. The number of phenols is 1. The van der Waals surface area contributed by atoms with Crippen LogP contribution in [-0.4, -0.2) is 20.9 Å². The van der Waals surface area contributed by atoms with Crippen molar-refractivity contribution >= 4 is 22.5 Å². The van der Waals surface area contributed by atoms with E-state index >= 15 is 0 Å². The van der Waals surface area contributed by atoms with Gasteiger partial charge >= 0.3 is 0 Å². The summed E-state index contributed by atoms with van der Waals surface area (Å²) >= 11 is 0. The number of aromatic amines is 1. The molecule has 0 spiro atoms. The molecule has 6 heteroatoms. The number of halogens is 1. The number of carbonyl (C=O) groups is 1. The molecule has 0 amide bonds. The summed E-state index contributed by atoms with van der Waals surface area (Å²) < 4.78 is 14.0.